The molecule has 15 heavy (non-hydrogen) atoms. The molecular weight excluding hydrogens is 200 g/mol. The first-order chi connectivity index (χ1) is 6.92. The predicted molar refractivity (Wildman–Crippen MR) is 67.7 cm³/mol. The number of phenolic OH excluding ortho intramolecular Hbond substituents is 1. The van der Waals surface area contributed by atoms with Gasteiger partial charge in [0.25, 0.3) is 0 Å². The van der Waals surface area contributed by atoms with Crippen molar-refractivity contribution in [3.05, 3.63) is 29.3 Å². The van der Waals surface area contributed by atoms with Crippen LogP contribution in [0.5, 0.6) is 5.75 Å². The maximum atomic E-state index is 9.64. The summed E-state index contributed by atoms with van der Waals surface area (Å²) in [7, 11) is -1.36. The lowest BCUT2D eigenvalue weighted by Crippen LogP contribution is -2.16. The summed E-state index contributed by atoms with van der Waals surface area (Å²) in [5, 5.41) is 9.64. The number of aromatic hydroxyl groups is 1. The molecule has 0 spiro atoms. The van der Waals surface area contributed by atoms with E-state index in [4.69, 9.17) is 0 Å². The monoisotopic (exact) mass is 218 g/mol. The molecule has 0 aliphatic heterocycles. The van der Waals surface area contributed by atoms with Crippen molar-refractivity contribution in [1.29, 1.82) is 0 Å². The first kappa shape index (κ1) is 11.9. The number of phenols is 1. The third-order valence-electron chi connectivity index (χ3n) is 2.04. The summed E-state index contributed by atoms with van der Waals surface area (Å²) in [6.45, 7) is 8.68. The summed E-state index contributed by atoms with van der Waals surface area (Å²) in [4.78, 5) is 0. The molecule has 0 saturated carbocycles. The smallest absolute Gasteiger partial charge is 0.131 e. The largest absolute Gasteiger partial charge is 0.507 e. The van der Waals surface area contributed by atoms with Crippen molar-refractivity contribution in [2.45, 2.75) is 33.0 Å². The molecule has 0 unspecified atom stereocenters. The van der Waals surface area contributed by atoms with Crippen molar-refractivity contribution in [1.82, 2.24) is 0 Å². The molecule has 1 nitrogen and oxygen atoms in total. The third-order valence-corrected chi connectivity index (χ3v) is 2.92. The Labute approximate surface area is 93.2 Å². The second-order valence-corrected chi connectivity index (χ2v) is 9.46. The number of hydrogen-bond donors (Lipinski definition) is 1. The molecule has 1 N–H and O–H groups in total. The minimum Gasteiger partial charge on any atom is -0.507 e. The third kappa shape index (κ3) is 3.81. The van der Waals surface area contributed by atoms with Gasteiger partial charge in [0.15, 0.2) is 0 Å². The highest BCUT2D eigenvalue weighted by atomic mass is 28.3. The van der Waals surface area contributed by atoms with Gasteiger partial charge in [-0.15, -0.1) is 5.54 Å². The van der Waals surface area contributed by atoms with Crippen LogP contribution in [0.25, 0.3) is 0 Å². The van der Waals surface area contributed by atoms with Gasteiger partial charge in [-0.2, -0.15) is 0 Å². The Kier molecular flexibility index (Phi) is 3.60. The lowest BCUT2D eigenvalue weighted by Gasteiger charge is -2.04. The number of aryl methyl sites for hydroxylation is 1. The van der Waals surface area contributed by atoms with Gasteiger partial charge < -0.3 is 5.11 Å². The summed E-state index contributed by atoms with van der Waals surface area (Å²) < 4.78 is 0. The minimum absolute atomic E-state index is 0.290. The lowest BCUT2D eigenvalue weighted by atomic mass is 10.1. The van der Waals surface area contributed by atoms with Crippen LogP contribution in [0.1, 0.15) is 18.1 Å². The zero-order valence-corrected chi connectivity index (χ0v) is 10.9. The van der Waals surface area contributed by atoms with Crippen LogP contribution in [0.2, 0.25) is 19.6 Å². The van der Waals surface area contributed by atoms with E-state index in [1.807, 2.05) is 12.1 Å². The lowest BCUT2D eigenvalue weighted by molar-refractivity contribution is 0.473. The molecule has 1 aromatic rings. The van der Waals surface area contributed by atoms with Gasteiger partial charge in [0.2, 0.25) is 0 Å². The molecular formula is C13H18OSi. The standard InChI is InChI=1S/C13H18OSi/c1-5-11-6-7-13(14)12(10-11)8-9-15(2,3)4/h6-7,10,14H,5H2,1-4H3. The molecule has 2 heteroatoms. The van der Waals surface area contributed by atoms with E-state index in [-0.39, 0.29) is 5.75 Å². The summed E-state index contributed by atoms with van der Waals surface area (Å²) >= 11 is 0. The highest BCUT2D eigenvalue weighted by molar-refractivity contribution is 6.83. The van der Waals surface area contributed by atoms with Crippen LogP contribution in [-0.2, 0) is 6.42 Å². The van der Waals surface area contributed by atoms with Crippen LogP contribution in [-0.4, -0.2) is 13.2 Å². The van der Waals surface area contributed by atoms with Gasteiger partial charge in [-0.25, -0.2) is 0 Å². The molecule has 0 heterocycles. The Bertz CT molecular complexity index is 405. The molecule has 1 rings (SSSR count). The maximum absolute atomic E-state index is 9.64. The van der Waals surface area contributed by atoms with Gasteiger partial charge in [-0.05, 0) is 24.1 Å². The van der Waals surface area contributed by atoms with Crippen LogP contribution in [0.15, 0.2) is 18.2 Å². The second kappa shape index (κ2) is 4.54. The highest BCUT2D eigenvalue weighted by Crippen LogP contribution is 2.17. The number of benzene rings is 1. The minimum atomic E-state index is -1.36. The van der Waals surface area contributed by atoms with Crippen LogP contribution < -0.4 is 0 Å². The molecule has 0 amide bonds. The van der Waals surface area contributed by atoms with Gasteiger partial charge in [-0.3, -0.25) is 0 Å². The first-order valence-corrected chi connectivity index (χ1v) is 8.77. The molecule has 0 saturated heterocycles. The van der Waals surface area contributed by atoms with E-state index in [9.17, 15) is 5.11 Å². The topological polar surface area (TPSA) is 20.2 Å². The van der Waals surface area contributed by atoms with E-state index in [0.717, 1.165) is 12.0 Å². The van der Waals surface area contributed by atoms with Crippen molar-refractivity contribution in [3.8, 4) is 17.2 Å². The molecule has 0 aliphatic carbocycles. The fourth-order valence-electron chi connectivity index (χ4n) is 1.16. The molecule has 80 valence electrons. The predicted octanol–water partition coefficient (Wildman–Crippen LogP) is 3.18. The van der Waals surface area contributed by atoms with E-state index in [1.165, 1.54) is 5.56 Å². The van der Waals surface area contributed by atoms with Gasteiger partial charge >= 0.3 is 0 Å². The van der Waals surface area contributed by atoms with Gasteiger partial charge in [0.1, 0.15) is 13.8 Å². The molecule has 0 radical (unpaired) electrons. The summed E-state index contributed by atoms with van der Waals surface area (Å²) in [6, 6.07) is 5.64. The quantitative estimate of drug-likeness (QED) is 0.567. The zero-order valence-electron chi connectivity index (χ0n) is 9.89. The van der Waals surface area contributed by atoms with E-state index in [1.54, 1.807) is 6.07 Å². The van der Waals surface area contributed by atoms with Crippen LogP contribution in [0, 0.1) is 11.5 Å². The van der Waals surface area contributed by atoms with Crippen LogP contribution >= 0.6 is 0 Å². The maximum Gasteiger partial charge on any atom is 0.131 e. The fourth-order valence-corrected chi connectivity index (χ4v) is 1.67. The average Bonchev–Trinajstić information content (AvgIpc) is 2.15. The SMILES string of the molecule is CCc1ccc(O)c(C#C[Si](C)(C)C)c1. The van der Waals surface area contributed by atoms with Crippen LogP contribution in [0.4, 0.5) is 0 Å². The summed E-state index contributed by atoms with van der Waals surface area (Å²) in [5.41, 5.74) is 5.24. The Morgan fingerprint density at radius 2 is 1.93 bits per heavy atom. The van der Waals surface area contributed by atoms with Gasteiger partial charge in [0.05, 0.1) is 5.56 Å². The molecule has 1 aromatic carbocycles. The normalized spacial score (nSPS) is 10.7. The van der Waals surface area contributed by atoms with Crippen molar-refractivity contribution >= 4 is 8.07 Å². The number of rotatable bonds is 1. The van der Waals surface area contributed by atoms with Crippen molar-refractivity contribution in [2.24, 2.45) is 0 Å². The number of hydrogen-bond acceptors (Lipinski definition) is 1. The zero-order chi connectivity index (χ0) is 11.5. The van der Waals surface area contributed by atoms with Crippen LogP contribution in [0.3, 0.4) is 0 Å². The molecule has 0 atom stereocenters. The van der Waals surface area contributed by atoms with E-state index in [2.05, 4.69) is 38.0 Å². The van der Waals surface area contributed by atoms with Crippen molar-refractivity contribution in [3.63, 3.8) is 0 Å². The Hall–Kier alpha value is -1.20. The van der Waals surface area contributed by atoms with Gasteiger partial charge in [-0.1, -0.05) is 38.6 Å². The Morgan fingerprint density at radius 3 is 2.47 bits per heavy atom. The first-order valence-electron chi connectivity index (χ1n) is 5.27. The fraction of sp³-hybridized carbons (Fsp3) is 0.385. The average molecular weight is 218 g/mol. The highest BCUT2D eigenvalue weighted by Gasteiger charge is 2.08. The Morgan fingerprint density at radius 1 is 1.27 bits per heavy atom. The second-order valence-electron chi connectivity index (χ2n) is 4.71. The van der Waals surface area contributed by atoms with E-state index >= 15 is 0 Å². The molecule has 0 aliphatic rings. The van der Waals surface area contributed by atoms with Gasteiger partial charge in [0, 0.05) is 0 Å². The van der Waals surface area contributed by atoms with E-state index < -0.39 is 8.07 Å². The molecule has 0 fully saturated rings. The van der Waals surface area contributed by atoms with E-state index in [0.29, 0.717) is 0 Å². The molecule has 0 aromatic heterocycles. The Balaban J connectivity index is 3.07. The summed E-state index contributed by atoms with van der Waals surface area (Å²) in [5.74, 6) is 3.38. The summed E-state index contributed by atoms with van der Waals surface area (Å²) in [6.07, 6.45) is 0.974. The molecule has 0 bridgehead atoms. The van der Waals surface area contributed by atoms with Crippen molar-refractivity contribution in [2.75, 3.05) is 0 Å². The van der Waals surface area contributed by atoms with Crippen molar-refractivity contribution < 1.29 is 5.11 Å².